The van der Waals surface area contributed by atoms with Crippen molar-refractivity contribution in [2.75, 3.05) is 0 Å². The highest BCUT2D eigenvalue weighted by molar-refractivity contribution is 6.32. The predicted octanol–water partition coefficient (Wildman–Crippen LogP) is 2.78. The summed E-state index contributed by atoms with van der Waals surface area (Å²) in [6.07, 6.45) is 0.234. The van der Waals surface area contributed by atoms with Crippen LogP contribution in [0.5, 0.6) is 11.5 Å². The average molecular weight is 285 g/mol. The SMILES string of the molecule is CCC(=O)c1cc(Cl)c(OC(C)=O)cc1OC(C)=O. The largest absolute Gasteiger partial charge is 0.426 e. The molecular formula is C13H13ClO5. The second-order valence-electron chi connectivity index (χ2n) is 3.74. The minimum absolute atomic E-state index is 0.0278. The fourth-order valence-electron chi connectivity index (χ4n) is 1.42. The van der Waals surface area contributed by atoms with E-state index in [1.807, 2.05) is 0 Å². The smallest absolute Gasteiger partial charge is 0.308 e. The van der Waals surface area contributed by atoms with Gasteiger partial charge in [-0.25, -0.2) is 0 Å². The Balaban J connectivity index is 3.31. The first-order chi connectivity index (χ1) is 8.85. The van der Waals surface area contributed by atoms with Crippen molar-refractivity contribution >= 4 is 29.3 Å². The Morgan fingerprint density at radius 3 is 2.05 bits per heavy atom. The Labute approximate surface area is 115 Å². The molecule has 1 aromatic carbocycles. The Kier molecular flexibility index (Phi) is 5.06. The van der Waals surface area contributed by atoms with Gasteiger partial charge in [0, 0.05) is 26.3 Å². The van der Waals surface area contributed by atoms with Gasteiger partial charge in [0.25, 0.3) is 0 Å². The zero-order valence-electron chi connectivity index (χ0n) is 10.8. The highest BCUT2D eigenvalue weighted by Crippen LogP contribution is 2.33. The summed E-state index contributed by atoms with van der Waals surface area (Å²) in [6, 6.07) is 2.58. The Morgan fingerprint density at radius 1 is 1.05 bits per heavy atom. The van der Waals surface area contributed by atoms with Gasteiger partial charge in [-0.05, 0) is 6.07 Å². The summed E-state index contributed by atoms with van der Waals surface area (Å²) in [5.41, 5.74) is 0.179. The molecule has 0 aliphatic heterocycles. The fraction of sp³-hybridized carbons (Fsp3) is 0.308. The van der Waals surface area contributed by atoms with Gasteiger partial charge in [0.1, 0.15) is 5.75 Å². The standard InChI is InChI=1S/C13H13ClO5/c1-4-11(17)9-5-10(14)13(19-8(3)16)6-12(9)18-7(2)15/h5-6H,4H2,1-3H3. The van der Waals surface area contributed by atoms with Gasteiger partial charge in [-0.2, -0.15) is 0 Å². The normalized spacial score (nSPS) is 9.89. The summed E-state index contributed by atoms with van der Waals surface area (Å²) in [6.45, 7) is 4.10. The summed E-state index contributed by atoms with van der Waals surface area (Å²) in [5.74, 6) is -1.31. The van der Waals surface area contributed by atoms with Gasteiger partial charge >= 0.3 is 11.9 Å². The van der Waals surface area contributed by atoms with Gasteiger partial charge in [0.05, 0.1) is 10.6 Å². The van der Waals surface area contributed by atoms with Crippen LogP contribution >= 0.6 is 11.6 Å². The monoisotopic (exact) mass is 284 g/mol. The molecule has 1 aromatic rings. The average Bonchev–Trinajstić information content (AvgIpc) is 2.30. The molecule has 0 N–H and O–H groups in total. The third kappa shape index (κ3) is 4.06. The van der Waals surface area contributed by atoms with E-state index in [1.165, 1.54) is 26.0 Å². The van der Waals surface area contributed by atoms with E-state index in [4.69, 9.17) is 21.1 Å². The molecule has 102 valence electrons. The summed E-state index contributed by atoms with van der Waals surface area (Å²) >= 11 is 5.91. The highest BCUT2D eigenvalue weighted by Gasteiger charge is 2.18. The van der Waals surface area contributed by atoms with Crippen LogP contribution in [0.15, 0.2) is 12.1 Å². The molecule has 0 aromatic heterocycles. The van der Waals surface area contributed by atoms with Crippen LogP contribution in [0.3, 0.4) is 0 Å². The summed E-state index contributed by atoms with van der Waals surface area (Å²) < 4.78 is 9.80. The van der Waals surface area contributed by atoms with E-state index in [0.29, 0.717) is 0 Å². The van der Waals surface area contributed by atoms with Crippen LogP contribution < -0.4 is 9.47 Å². The summed E-state index contributed by atoms with van der Waals surface area (Å²) in [7, 11) is 0. The molecule has 19 heavy (non-hydrogen) atoms. The van der Waals surface area contributed by atoms with Gasteiger partial charge < -0.3 is 9.47 Å². The van der Waals surface area contributed by atoms with Gasteiger partial charge in [-0.15, -0.1) is 0 Å². The van der Waals surface area contributed by atoms with Crippen LogP contribution in [0.4, 0.5) is 0 Å². The lowest BCUT2D eigenvalue weighted by molar-refractivity contribution is -0.132. The molecule has 0 saturated carbocycles. The number of carbonyl (C=O) groups excluding carboxylic acids is 3. The Hall–Kier alpha value is -1.88. The molecule has 0 aliphatic rings. The predicted molar refractivity (Wildman–Crippen MR) is 68.7 cm³/mol. The third-order valence-electron chi connectivity index (χ3n) is 2.16. The number of ketones is 1. The van der Waals surface area contributed by atoms with Crippen molar-refractivity contribution in [2.24, 2.45) is 0 Å². The number of rotatable bonds is 4. The highest BCUT2D eigenvalue weighted by atomic mass is 35.5. The second kappa shape index (κ2) is 6.33. The van der Waals surface area contributed by atoms with E-state index in [1.54, 1.807) is 6.92 Å². The molecule has 0 heterocycles. The maximum absolute atomic E-state index is 11.7. The van der Waals surface area contributed by atoms with Crippen molar-refractivity contribution in [3.63, 3.8) is 0 Å². The number of hydrogen-bond donors (Lipinski definition) is 0. The number of esters is 2. The van der Waals surface area contributed by atoms with E-state index >= 15 is 0 Å². The topological polar surface area (TPSA) is 69.7 Å². The first-order valence-electron chi connectivity index (χ1n) is 5.58. The van der Waals surface area contributed by atoms with Crippen molar-refractivity contribution in [3.05, 3.63) is 22.7 Å². The number of halogens is 1. The van der Waals surface area contributed by atoms with Gasteiger partial charge in [0.2, 0.25) is 0 Å². The van der Waals surface area contributed by atoms with Crippen molar-refractivity contribution in [1.29, 1.82) is 0 Å². The quantitative estimate of drug-likeness (QED) is 0.483. The summed E-state index contributed by atoms with van der Waals surface area (Å²) in [5, 5.41) is 0.0999. The van der Waals surface area contributed by atoms with Crippen LogP contribution in [0.25, 0.3) is 0 Å². The molecule has 0 amide bonds. The van der Waals surface area contributed by atoms with Crippen molar-refractivity contribution in [3.8, 4) is 11.5 Å². The summed E-state index contributed by atoms with van der Waals surface area (Å²) in [4.78, 5) is 33.7. The lowest BCUT2D eigenvalue weighted by atomic mass is 10.1. The number of carbonyl (C=O) groups is 3. The van der Waals surface area contributed by atoms with Crippen LogP contribution in [-0.4, -0.2) is 17.7 Å². The maximum Gasteiger partial charge on any atom is 0.308 e. The fourth-order valence-corrected chi connectivity index (χ4v) is 1.62. The van der Waals surface area contributed by atoms with Crippen molar-refractivity contribution in [1.82, 2.24) is 0 Å². The first-order valence-corrected chi connectivity index (χ1v) is 5.96. The van der Waals surface area contributed by atoms with Crippen LogP contribution in [0, 0.1) is 0 Å². The lowest BCUT2D eigenvalue weighted by Crippen LogP contribution is -2.09. The maximum atomic E-state index is 11.7. The van der Waals surface area contributed by atoms with Crippen LogP contribution in [0.1, 0.15) is 37.6 Å². The van der Waals surface area contributed by atoms with E-state index in [9.17, 15) is 14.4 Å². The number of hydrogen-bond acceptors (Lipinski definition) is 5. The number of ether oxygens (including phenoxy) is 2. The van der Waals surface area contributed by atoms with Gasteiger partial charge in [-0.1, -0.05) is 18.5 Å². The lowest BCUT2D eigenvalue weighted by Gasteiger charge is -2.11. The molecule has 5 nitrogen and oxygen atoms in total. The second-order valence-corrected chi connectivity index (χ2v) is 4.15. The molecule has 0 radical (unpaired) electrons. The molecule has 0 atom stereocenters. The van der Waals surface area contributed by atoms with Crippen LogP contribution in [-0.2, 0) is 9.59 Å². The van der Waals surface area contributed by atoms with Gasteiger partial charge in [-0.3, -0.25) is 14.4 Å². The van der Waals surface area contributed by atoms with Crippen LogP contribution in [0.2, 0.25) is 5.02 Å². The minimum Gasteiger partial charge on any atom is -0.426 e. The minimum atomic E-state index is -0.582. The molecule has 6 heteroatoms. The zero-order chi connectivity index (χ0) is 14.6. The molecule has 0 spiro atoms. The number of Topliss-reactive ketones (excluding diaryl/α,β-unsaturated/α-hetero) is 1. The molecule has 1 rings (SSSR count). The third-order valence-corrected chi connectivity index (χ3v) is 2.46. The van der Waals surface area contributed by atoms with E-state index in [-0.39, 0.29) is 34.3 Å². The van der Waals surface area contributed by atoms with Crippen molar-refractivity contribution in [2.45, 2.75) is 27.2 Å². The Morgan fingerprint density at radius 2 is 1.58 bits per heavy atom. The molecule has 0 saturated heterocycles. The van der Waals surface area contributed by atoms with E-state index in [0.717, 1.165) is 0 Å². The Bertz CT molecular complexity index is 536. The van der Waals surface area contributed by atoms with E-state index in [2.05, 4.69) is 0 Å². The van der Waals surface area contributed by atoms with Crippen molar-refractivity contribution < 1.29 is 23.9 Å². The zero-order valence-corrected chi connectivity index (χ0v) is 11.5. The molecular weight excluding hydrogens is 272 g/mol. The molecule has 0 unspecified atom stereocenters. The first kappa shape index (κ1) is 15.2. The van der Waals surface area contributed by atoms with E-state index < -0.39 is 11.9 Å². The molecule has 0 aliphatic carbocycles. The molecule has 0 fully saturated rings. The molecule has 0 bridgehead atoms. The van der Waals surface area contributed by atoms with Gasteiger partial charge in [0.15, 0.2) is 11.5 Å². The number of benzene rings is 1.